The summed E-state index contributed by atoms with van der Waals surface area (Å²) in [5, 5.41) is 4.42. The number of halogens is 2. The minimum absolute atomic E-state index is 0.107. The number of nitrogens with zero attached hydrogens (tertiary/aromatic N) is 5. The molecule has 0 saturated carbocycles. The van der Waals surface area contributed by atoms with Gasteiger partial charge in [0.05, 0.1) is 26.9 Å². The number of aromatic nitrogens is 3. The number of likely N-dealkylation sites (tertiary alicyclic amines) is 1. The van der Waals surface area contributed by atoms with E-state index < -0.39 is 11.5 Å². The highest BCUT2D eigenvalue weighted by molar-refractivity contribution is 6.39. The molecular formula is C27H29Cl2N7O3. The van der Waals surface area contributed by atoms with E-state index in [1.54, 1.807) is 36.2 Å². The van der Waals surface area contributed by atoms with Gasteiger partial charge in [0.2, 0.25) is 0 Å². The zero-order valence-corrected chi connectivity index (χ0v) is 23.4. The van der Waals surface area contributed by atoms with E-state index in [4.69, 9.17) is 33.8 Å². The molecule has 1 aromatic carbocycles. The third kappa shape index (κ3) is 4.85. The Morgan fingerprint density at radius 1 is 1.23 bits per heavy atom. The van der Waals surface area contributed by atoms with Crippen molar-refractivity contribution >= 4 is 46.0 Å². The van der Waals surface area contributed by atoms with Crippen molar-refractivity contribution in [2.45, 2.75) is 31.7 Å². The molecule has 4 heterocycles. The summed E-state index contributed by atoms with van der Waals surface area (Å²) in [6.07, 6.45) is 4.30. The lowest BCUT2D eigenvalue weighted by Crippen LogP contribution is -2.39. The van der Waals surface area contributed by atoms with Gasteiger partial charge in [-0.2, -0.15) is 0 Å². The van der Waals surface area contributed by atoms with Crippen LogP contribution in [0.15, 0.2) is 46.7 Å². The first-order valence-corrected chi connectivity index (χ1v) is 13.4. The first-order chi connectivity index (χ1) is 18.7. The zero-order chi connectivity index (χ0) is 27.8. The predicted octanol–water partition coefficient (Wildman–Crippen LogP) is 3.07. The molecule has 3 N–H and O–H groups in total. The Morgan fingerprint density at radius 2 is 1.92 bits per heavy atom. The lowest BCUT2D eigenvalue weighted by Gasteiger charge is -2.26. The van der Waals surface area contributed by atoms with Crippen molar-refractivity contribution in [3.8, 4) is 11.1 Å². The van der Waals surface area contributed by atoms with Crippen LogP contribution in [0, 0.1) is 0 Å². The van der Waals surface area contributed by atoms with E-state index in [2.05, 4.69) is 27.1 Å². The van der Waals surface area contributed by atoms with Gasteiger partial charge in [-0.3, -0.25) is 9.69 Å². The number of hydrogen-bond acceptors (Lipinski definition) is 9. The molecule has 2 atom stereocenters. The van der Waals surface area contributed by atoms with Gasteiger partial charge in [-0.05, 0) is 57.1 Å². The summed E-state index contributed by atoms with van der Waals surface area (Å²) in [7, 11) is 3.13. The van der Waals surface area contributed by atoms with Gasteiger partial charge < -0.3 is 20.8 Å². The molecule has 39 heavy (non-hydrogen) atoms. The summed E-state index contributed by atoms with van der Waals surface area (Å²) >= 11 is 12.8. The Balaban J connectivity index is 1.55. The lowest BCUT2D eigenvalue weighted by molar-refractivity contribution is 0.168. The summed E-state index contributed by atoms with van der Waals surface area (Å²) in [6, 6.07) is 6.86. The summed E-state index contributed by atoms with van der Waals surface area (Å²) in [5.41, 5.74) is 6.90. The van der Waals surface area contributed by atoms with E-state index in [9.17, 15) is 9.59 Å². The van der Waals surface area contributed by atoms with E-state index in [1.807, 2.05) is 12.0 Å². The minimum atomic E-state index is -0.623. The van der Waals surface area contributed by atoms with Crippen LogP contribution >= 0.6 is 23.2 Å². The number of fused-ring (bicyclic) bond motifs is 1. The van der Waals surface area contributed by atoms with Crippen LogP contribution in [-0.2, 0) is 4.79 Å². The van der Waals surface area contributed by atoms with Crippen LogP contribution in [-0.4, -0.2) is 70.3 Å². The number of rotatable bonds is 7. The van der Waals surface area contributed by atoms with E-state index in [0.29, 0.717) is 39.3 Å². The van der Waals surface area contributed by atoms with Gasteiger partial charge in [0.1, 0.15) is 36.2 Å². The maximum absolute atomic E-state index is 13.5. The van der Waals surface area contributed by atoms with Gasteiger partial charge in [-0.25, -0.2) is 14.8 Å². The standard InChI is InChI=1S/C27H29Cl2N7O3/c1-15(35-9-4-5-10-35)13-31-22-12-16(21(14-37)34(22)2)25-32-24(30)18-11-17(23-19(28)7-6-8-20(23)29)27(38)36(39-3)26(18)33-25/h6-8,11-12,15-16,31H,4-5,9-10,13H2,1-3H3,(H2,30,32,33). The SMILES string of the molecule is COn1c(=O)c(-c2c(Cl)cccc2Cl)cc2c(N)nc(C3C=C(NCC(C)N4CCCC4)N(C)C3=C=O)nc21. The zero-order valence-electron chi connectivity index (χ0n) is 21.9. The number of allylic oxidation sites excluding steroid dienone is 1. The van der Waals surface area contributed by atoms with Crippen molar-refractivity contribution in [1.82, 2.24) is 29.8 Å². The van der Waals surface area contributed by atoms with Crippen LogP contribution in [0.4, 0.5) is 5.82 Å². The van der Waals surface area contributed by atoms with Crippen LogP contribution in [0.1, 0.15) is 31.5 Å². The molecule has 0 bridgehead atoms. The molecule has 204 valence electrons. The molecule has 0 aliphatic carbocycles. The topological polar surface area (TPSA) is 119 Å². The highest BCUT2D eigenvalue weighted by atomic mass is 35.5. The number of hydrogen-bond donors (Lipinski definition) is 2. The molecule has 2 aliphatic rings. The fourth-order valence-corrected chi connectivity index (χ4v) is 5.80. The van der Waals surface area contributed by atoms with Crippen molar-refractivity contribution in [1.29, 1.82) is 0 Å². The molecule has 10 nitrogen and oxygen atoms in total. The van der Waals surface area contributed by atoms with Crippen molar-refractivity contribution in [2.24, 2.45) is 0 Å². The smallest absolute Gasteiger partial charge is 0.293 e. The first kappa shape index (κ1) is 27.0. The van der Waals surface area contributed by atoms with Crippen molar-refractivity contribution < 1.29 is 9.63 Å². The number of nitrogens with two attached hydrogens (primary N) is 1. The molecule has 2 aliphatic heterocycles. The van der Waals surface area contributed by atoms with Gasteiger partial charge in [0.25, 0.3) is 5.56 Å². The van der Waals surface area contributed by atoms with E-state index in [1.165, 1.54) is 20.0 Å². The largest absolute Gasteiger partial charge is 0.412 e. The van der Waals surface area contributed by atoms with Gasteiger partial charge in [-0.15, -0.1) is 4.73 Å². The number of benzene rings is 1. The summed E-state index contributed by atoms with van der Waals surface area (Å²) in [5.74, 6) is 2.50. The fraction of sp³-hybridized carbons (Fsp3) is 0.370. The molecule has 1 fully saturated rings. The third-order valence-corrected chi connectivity index (χ3v) is 7.98. The summed E-state index contributed by atoms with van der Waals surface area (Å²) < 4.78 is 1.02. The fourth-order valence-electron chi connectivity index (χ4n) is 5.20. The average molecular weight is 570 g/mol. The molecular weight excluding hydrogens is 541 g/mol. The Bertz CT molecular complexity index is 1560. The molecule has 0 radical (unpaired) electrons. The summed E-state index contributed by atoms with van der Waals surface area (Å²) in [6.45, 7) is 5.08. The molecule has 0 amide bonds. The molecule has 3 aromatic rings. The molecule has 2 aromatic heterocycles. The maximum atomic E-state index is 13.5. The van der Waals surface area contributed by atoms with E-state index in [0.717, 1.165) is 23.6 Å². The third-order valence-electron chi connectivity index (χ3n) is 7.35. The Labute approximate surface area is 235 Å². The Morgan fingerprint density at radius 3 is 2.56 bits per heavy atom. The van der Waals surface area contributed by atoms with Gasteiger partial charge in [0.15, 0.2) is 5.65 Å². The van der Waals surface area contributed by atoms with Crippen LogP contribution in [0.25, 0.3) is 22.2 Å². The van der Waals surface area contributed by atoms with E-state index in [-0.39, 0.29) is 22.9 Å². The Kier molecular flexibility index (Phi) is 7.55. The lowest BCUT2D eigenvalue weighted by atomic mass is 10.0. The summed E-state index contributed by atoms with van der Waals surface area (Å²) in [4.78, 5) is 44.2. The molecule has 12 heteroatoms. The average Bonchev–Trinajstić information content (AvgIpc) is 3.56. The minimum Gasteiger partial charge on any atom is -0.412 e. The van der Waals surface area contributed by atoms with Crippen LogP contribution < -0.4 is 21.4 Å². The number of carbonyl (C=O) groups excluding carboxylic acids is 1. The predicted molar refractivity (Wildman–Crippen MR) is 152 cm³/mol. The highest BCUT2D eigenvalue weighted by Gasteiger charge is 2.33. The number of nitrogens with one attached hydrogen (secondary N) is 1. The number of pyridine rings is 1. The van der Waals surface area contributed by atoms with Crippen molar-refractivity contribution in [3.63, 3.8) is 0 Å². The second kappa shape index (κ2) is 10.9. The highest BCUT2D eigenvalue weighted by Crippen LogP contribution is 2.37. The quantitative estimate of drug-likeness (QED) is 0.413. The molecule has 0 spiro atoms. The Hall–Kier alpha value is -3.56. The van der Waals surface area contributed by atoms with Crippen LogP contribution in [0.5, 0.6) is 0 Å². The maximum Gasteiger partial charge on any atom is 0.293 e. The van der Waals surface area contributed by atoms with E-state index >= 15 is 0 Å². The number of nitrogen functional groups attached to an aromatic ring is 1. The van der Waals surface area contributed by atoms with Crippen LogP contribution in [0.3, 0.4) is 0 Å². The van der Waals surface area contributed by atoms with Crippen molar-refractivity contribution in [3.05, 3.63) is 68.1 Å². The second-order valence-electron chi connectivity index (χ2n) is 9.69. The van der Waals surface area contributed by atoms with Crippen LogP contribution in [0.2, 0.25) is 10.0 Å². The second-order valence-corrected chi connectivity index (χ2v) is 10.5. The van der Waals surface area contributed by atoms with Gasteiger partial charge in [-0.1, -0.05) is 29.3 Å². The first-order valence-electron chi connectivity index (χ1n) is 12.7. The molecule has 5 rings (SSSR count). The monoisotopic (exact) mass is 569 g/mol. The molecule has 2 unspecified atom stereocenters. The van der Waals surface area contributed by atoms with Gasteiger partial charge >= 0.3 is 0 Å². The molecule has 1 saturated heterocycles. The van der Waals surface area contributed by atoms with Crippen molar-refractivity contribution in [2.75, 3.05) is 39.5 Å². The number of likely N-dealkylation sites (N-methyl/N-ethyl adjacent to an activating group) is 1. The number of anilines is 1. The van der Waals surface area contributed by atoms with Gasteiger partial charge in [0, 0.05) is 25.2 Å². The normalized spacial score (nSPS) is 18.4.